The quantitative estimate of drug-likeness (QED) is 0.896. The van der Waals surface area contributed by atoms with Gasteiger partial charge in [-0.1, -0.05) is 31.0 Å². The first kappa shape index (κ1) is 14.7. The van der Waals surface area contributed by atoms with Crippen LogP contribution in [0.3, 0.4) is 0 Å². The second kappa shape index (κ2) is 6.67. The van der Waals surface area contributed by atoms with Crippen molar-refractivity contribution >= 4 is 10.8 Å². The highest BCUT2D eigenvalue weighted by atomic mass is 32.2. The van der Waals surface area contributed by atoms with E-state index in [9.17, 15) is 4.21 Å². The van der Waals surface area contributed by atoms with Gasteiger partial charge in [0.2, 0.25) is 0 Å². The summed E-state index contributed by atoms with van der Waals surface area (Å²) in [7, 11) is 1.26. The topological polar surface area (TPSA) is 29.1 Å². The SMILES string of the molecule is CNC(CS(=O)C1CCCC1)c1ccc(C)c(C)c1. The number of hydrogen-bond donors (Lipinski definition) is 1. The van der Waals surface area contributed by atoms with Crippen LogP contribution in [-0.2, 0) is 10.8 Å². The molecule has 3 heteroatoms. The van der Waals surface area contributed by atoms with Crippen molar-refractivity contribution in [2.24, 2.45) is 0 Å². The monoisotopic (exact) mass is 279 g/mol. The Hall–Kier alpha value is -0.670. The molecular weight excluding hydrogens is 254 g/mol. The molecule has 0 bridgehead atoms. The summed E-state index contributed by atoms with van der Waals surface area (Å²) >= 11 is 0. The first-order chi connectivity index (χ1) is 9.11. The molecule has 2 atom stereocenters. The van der Waals surface area contributed by atoms with Crippen molar-refractivity contribution in [1.29, 1.82) is 0 Å². The van der Waals surface area contributed by atoms with Crippen LogP contribution in [0.15, 0.2) is 18.2 Å². The van der Waals surface area contributed by atoms with Gasteiger partial charge in [-0.15, -0.1) is 0 Å². The maximum atomic E-state index is 12.4. The van der Waals surface area contributed by atoms with Gasteiger partial charge in [0.15, 0.2) is 0 Å². The van der Waals surface area contributed by atoms with Gasteiger partial charge < -0.3 is 5.32 Å². The maximum Gasteiger partial charge on any atom is 0.0434 e. The van der Waals surface area contributed by atoms with Crippen molar-refractivity contribution in [3.8, 4) is 0 Å². The smallest absolute Gasteiger partial charge is 0.0434 e. The Labute approximate surface area is 119 Å². The molecule has 19 heavy (non-hydrogen) atoms. The van der Waals surface area contributed by atoms with E-state index in [-0.39, 0.29) is 6.04 Å². The molecule has 2 nitrogen and oxygen atoms in total. The molecule has 0 aromatic heterocycles. The summed E-state index contributed by atoms with van der Waals surface area (Å²) in [5.74, 6) is 0.740. The van der Waals surface area contributed by atoms with E-state index >= 15 is 0 Å². The molecule has 0 amide bonds. The van der Waals surface area contributed by atoms with Crippen LogP contribution in [0.2, 0.25) is 0 Å². The van der Waals surface area contributed by atoms with E-state index in [1.165, 1.54) is 29.5 Å². The van der Waals surface area contributed by atoms with Crippen molar-refractivity contribution in [1.82, 2.24) is 5.32 Å². The Morgan fingerprint density at radius 2 is 1.95 bits per heavy atom. The standard InChI is InChI=1S/C16H25NOS/c1-12-8-9-14(10-13(12)2)16(17-3)11-19(18)15-6-4-5-7-15/h8-10,15-17H,4-7,11H2,1-3H3. The summed E-state index contributed by atoms with van der Waals surface area (Å²) in [4.78, 5) is 0. The molecule has 0 radical (unpaired) electrons. The zero-order valence-corrected chi connectivity index (χ0v) is 13.1. The lowest BCUT2D eigenvalue weighted by molar-refractivity contribution is 0.626. The lowest BCUT2D eigenvalue weighted by Gasteiger charge is -2.19. The Kier molecular flexibility index (Phi) is 5.17. The van der Waals surface area contributed by atoms with Gasteiger partial charge >= 0.3 is 0 Å². The number of nitrogens with one attached hydrogen (secondary N) is 1. The summed E-state index contributed by atoms with van der Waals surface area (Å²) < 4.78 is 12.4. The first-order valence-electron chi connectivity index (χ1n) is 7.23. The average molecular weight is 279 g/mol. The van der Waals surface area contributed by atoms with Gasteiger partial charge in [-0.05, 0) is 50.4 Å². The molecule has 1 aromatic rings. The molecule has 1 aliphatic rings. The fourth-order valence-electron chi connectivity index (χ4n) is 2.78. The third kappa shape index (κ3) is 3.67. The maximum absolute atomic E-state index is 12.4. The minimum absolute atomic E-state index is 0.209. The molecule has 1 N–H and O–H groups in total. The average Bonchev–Trinajstić information content (AvgIpc) is 2.93. The molecule has 2 unspecified atom stereocenters. The lowest BCUT2D eigenvalue weighted by atomic mass is 10.0. The molecule has 1 saturated carbocycles. The van der Waals surface area contributed by atoms with Crippen LogP contribution in [0.5, 0.6) is 0 Å². The van der Waals surface area contributed by atoms with Crippen LogP contribution < -0.4 is 5.32 Å². The van der Waals surface area contributed by atoms with Crippen molar-refractivity contribution in [2.45, 2.75) is 50.8 Å². The number of benzene rings is 1. The molecular formula is C16H25NOS. The molecule has 0 saturated heterocycles. The highest BCUT2D eigenvalue weighted by Crippen LogP contribution is 2.26. The van der Waals surface area contributed by atoms with Crippen molar-refractivity contribution < 1.29 is 4.21 Å². The zero-order valence-electron chi connectivity index (χ0n) is 12.2. The summed E-state index contributed by atoms with van der Waals surface area (Å²) in [6.45, 7) is 4.27. The highest BCUT2D eigenvalue weighted by Gasteiger charge is 2.24. The van der Waals surface area contributed by atoms with Gasteiger partial charge in [0.25, 0.3) is 0 Å². The van der Waals surface area contributed by atoms with Crippen molar-refractivity contribution in [3.05, 3.63) is 34.9 Å². The number of hydrogen-bond acceptors (Lipinski definition) is 2. The summed E-state index contributed by atoms with van der Waals surface area (Å²) in [6.07, 6.45) is 4.81. The van der Waals surface area contributed by atoms with Gasteiger partial charge in [0.1, 0.15) is 0 Å². The van der Waals surface area contributed by atoms with Crippen molar-refractivity contribution in [3.63, 3.8) is 0 Å². The molecule has 1 aromatic carbocycles. The van der Waals surface area contributed by atoms with Gasteiger partial charge in [-0.3, -0.25) is 4.21 Å². The zero-order chi connectivity index (χ0) is 13.8. The Morgan fingerprint density at radius 1 is 1.26 bits per heavy atom. The second-order valence-corrected chi connectivity index (χ2v) is 7.40. The van der Waals surface area contributed by atoms with Crippen LogP contribution in [0, 0.1) is 13.8 Å². The fraction of sp³-hybridized carbons (Fsp3) is 0.625. The Balaban J connectivity index is 2.06. The van der Waals surface area contributed by atoms with Gasteiger partial charge in [-0.25, -0.2) is 0 Å². The van der Waals surface area contributed by atoms with Gasteiger partial charge in [0.05, 0.1) is 0 Å². The van der Waals surface area contributed by atoms with E-state index in [0.29, 0.717) is 5.25 Å². The Bertz CT molecular complexity index is 452. The molecule has 1 aliphatic carbocycles. The van der Waals surface area contributed by atoms with E-state index in [2.05, 4.69) is 37.4 Å². The molecule has 0 heterocycles. The molecule has 0 aliphatic heterocycles. The van der Waals surface area contributed by atoms with Gasteiger partial charge in [0, 0.05) is 27.8 Å². The predicted octanol–water partition coefficient (Wildman–Crippen LogP) is 3.26. The van der Waals surface area contributed by atoms with E-state index < -0.39 is 10.8 Å². The van der Waals surface area contributed by atoms with Crippen LogP contribution in [0.4, 0.5) is 0 Å². The molecule has 2 rings (SSSR count). The van der Waals surface area contributed by atoms with Crippen LogP contribution in [-0.4, -0.2) is 22.3 Å². The largest absolute Gasteiger partial charge is 0.312 e. The third-order valence-electron chi connectivity index (χ3n) is 4.29. The van der Waals surface area contributed by atoms with E-state index in [4.69, 9.17) is 0 Å². The molecule has 1 fully saturated rings. The van der Waals surface area contributed by atoms with E-state index in [1.807, 2.05) is 7.05 Å². The predicted molar refractivity (Wildman–Crippen MR) is 83.0 cm³/mol. The van der Waals surface area contributed by atoms with Crippen LogP contribution in [0.25, 0.3) is 0 Å². The van der Waals surface area contributed by atoms with Crippen LogP contribution >= 0.6 is 0 Å². The minimum Gasteiger partial charge on any atom is -0.312 e. The highest BCUT2D eigenvalue weighted by molar-refractivity contribution is 7.85. The van der Waals surface area contributed by atoms with Crippen LogP contribution in [0.1, 0.15) is 48.4 Å². The lowest BCUT2D eigenvalue weighted by Crippen LogP contribution is -2.26. The number of aryl methyl sites for hydroxylation is 2. The molecule has 106 valence electrons. The van der Waals surface area contributed by atoms with E-state index in [1.54, 1.807) is 0 Å². The first-order valence-corrected chi connectivity index (χ1v) is 8.61. The van der Waals surface area contributed by atoms with E-state index in [0.717, 1.165) is 18.6 Å². The van der Waals surface area contributed by atoms with Crippen molar-refractivity contribution in [2.75, 3.05) is 12.8 Å². The summed E-state index contributed by atoms with van der Waals surface area (Å²) in [6, 6.07) is 6.76. The normalized spacial score (nSPS) is 19.5. The molecule has 0 spiro atoms. The Morgan fingerprint density at radius 3 is 2.53 bits per heavy atom. The van der Waals surface area contributed by atoms with Gasteiger partial charge in [-0.2, -0.15) is 0 Å². The second-order valence-electron chi connectivity index (χ2n) is 5.64. The minimum atomic E-state index is -0.700. The fourth-order valence-corrected chi connectivity index (χ4v) is 4.60. The number of rotatable bonds is 5. The summed E-state index contributed by atoms with van der Waals surface area (Å²) in [5, 5.41) is 3.76. The third-order valence-corrected chi connectivity index (χ3v) is 6.16. The summed E-state index contributed by atoms with van der Waals surface area (Å²) in [5.41, 5.74) is 3.89.